The molecular formula is C18H24N2O7S. The number of hydrogen-bond donors (Lipinski definition) is 3. The molecular weight excluding hydrogens is 388 g/mol. The van der Waals surface area contributed by atoms with E-state index in [2.05, 4.69) is 15.4 Å². The summed E-state index contributed by atoms with van der Waals surface area (Å²) in [5, 5.41) is 13.7. The first-order chi connectivity index (χ1) is 13.4. The highest BCUT2D eigenvalue weighted by Crippen LogP contribution is 2.05. The number of thioether (sulfide) groups is 1. The monoisotopic (exact) mass is 412 g/mol. The summed E-state index contributed by atoms with van der Waals surface area (Å²) in [5.41, 5.74) is 0.736. The number of esters is 1. The van der Waals surface area contributed by atoms with Gasteiger partial charge in [-0.3, -0.25) is 9.59 Å². The molecule has 0 spiro atoms. The van der Waals surface area contributed by atoms with Gasteiger partial charge in [-0.15, -0.1) is 0 Å². The van der Waals surface area contributed by atoms with Gasteiger partial charge in [0.25, 0.3) is 0 Å². The molecule has 0 aliphatic heterocycles. The Morgan fingerprint density at radius 1 is 1.11 bits per heavy atom. The Bertz CT molecular complexity index is 669. The molecule has 0 bridgehead atoms. The van der Waals surface area contributed by atoms with Crippen LogP contribution in [-0.4, -0.2) is 60.2 Å². The third-order valence-electron chi connectivity index (χ3n) is 3.61. The number of methoxy groups -OCH3 is 1. The number of amides is 2. The molecule has 10 heteroatoms. The second-order valence-electron chi connectivity index (χ2n) is 5.72. The van der Waals surface area contributed by atoms with Crippen molar-refractivity contribution in [1.82, 2.24) is 10.6 Å². The maximum atomic E-state index is 12.4. The molecule has 9 nitrogen and oxygen atoms in total. The molecule has 0 radical (unpaired) electrons. The molecule has 0 aliphatic carbocycles. The molecule has 2 atom stereocenters. The second-order valence-corrected chi connectivity index (χ2v) is 6.71. The molecule has 0 heterocycles. The van der Waals surface area contributed by atoms with Crippen molar-refractivity contribution in [3.05, 3.63) is 35.9 Å². The minimum atomic E-state index is -1.40. The van der Waals surface area contributed by atoms with E-state index in [4.69, 9.17) is 9.84 Å². The Hall–Kier alpha value is -2.75. The molecule has 1 rings (SSSR count). The fourth-order valence-corrected chi connectivity index (χ4v) is 2.66. The number of carbonyl (C=O) groups is 4. The van der Waals surface area contributed by atoms with Gasteiger partial charge in [0, 0.05) is 0 Å². The molecule has 1 aromatic rings. The lowest BCUT2D eigenvalue weighted by molar-refractivity contribution is -0.145. The van der Waals surface area contributed by atoms with Gasteiger partial charge >= 0.3 is 18.0 Å². The number of aliphatic carboxylic acids is 1. The minimum absolute atomic E-state index is 0.0351. The highest BCUT2D eigenvalue weighted by Gasteiger charge is 2.29. The Kier molecular flexibility index (Phi) is 10.5. The molecule has 0 fully saturated rings. The van der Waals surface area contributed by atoms with Crippen molar-refractivity contribution in [2.24, 2.45) is 0 Å². The lowest BCUT2D eigenvalue weighted by atomic mass is 10.1. The van der Waals surface area contributed by atoms with Gasteiger partial charge < -0.3 is 25.2 Å². The van der Waals surface area contributed by atoms with Crippen LogP contribution < -0.4 is 10.6 Å². The third-order valence-corrected chi connectivity index (χ3v) is 4.26. The van der Waals surface area contributed by atoms with Crippen molar-refractivity contribution in [1.29, 1.82) is 0 Å². The van der Waals surface area contributed by atoms with Gasteiger partial charge in [-0.1, -0.05) is 30.3 Å². The van der Waals surface area contributed by atoms with Crippen LogP contribution in [0.25, 0.3) is 0 Å². The maximum absolute atomic E-state index is 12.4. The van der Waals surface area contributed by atoms with E-state index in [0.29, 0.717) is 12.2 Å². The van der Waals surface area contributed by atoms with Gasteiger partial charge in [0.2, 0.25) is 5.91 Å². The van der Waals surface area contributed by atoms with E-state index >= 15 is 0 Å². The van der Waals surface area contributed by atoms with Crippen LogP contribution in [0, 0.1) is 0 Å². The fourth-order valence-electron chi connectivity index (χ4n) is 2.19. The van der Waals surface area contributed by atoms with Crippen molar-refractivity contribution in [3.63, 3.8) is 0 Å². The molecule has 28 heavy (non-hydrogen) atoms. The number of benzene rings is 1. The largest absolute Gasteiger partial charge is 0.481 e. The van der Waals surface area contributed by atoms with Gasteiger partial charge in [0.05, 0.1) is 13.5 Å². The maximum Gasteiger partial charge on any atom is 0.408 e. The van der Waals surface area contributed by atoms with Crippen molar-refractivity contribution >= 4 is 35.7 Å². The standard InChI is InChI=1S/C18H24N2O7S/c1-26-17(24)13(8-9-28-2)19-16(23)14(10-15(21)22)20-18(25)27-11-12-6-4-3-5-7-12/h3-7,13-14H,8-11H2,1-2H3,(H,19,23)(H,20,25)(H,21,22)/t13-,14-/m0/s1. The van der Waals surface area contributed by atoms with E-state index in [-0.39, 0.29) is 6.61 Å². The van der Waals surface area contributed by atoms with Crippen molar-refractivity contribution < 1.29 is 33.8 Å². The van der Waals surface area contributed by atoms with E-state index in [1.54, 1.807) is 24.3 Å². The predicted octanol–water partition coefficient (Wildman–Crippen LogP) is 1.17. The summed E-state index contributed by atoms with van der Waals surface area (Å²) >= 11 is 1.48. The number of carbonyl (C=O) groups excluding carboxylic acids is 3. The number of ether oxygens (including phenoxy) is 2. The van der Waals surface area contributed by atoms with E-state index < -0.39 is 42.4 Å². The van der Waals surface area contributed by atoms with Gasteiger partial charge in [0.1, 0.15) is 18.7 Å². The summed E-state index contributed by atoms with van der Waals surface area (Å²) in [4.78, 5) is 47.2. The molecule has 1 aromatic carbocycles. The Morgan fingerprint density at radius 2 is 1.79 bits per heavy atom. The van der Waals surface area contributed by atoms with E-state index in [0.717, 1.165) is 5.56 Å². The summed E-state index contributed by atoms with van der Waals surface area (Å²) < 4.78 is 9.66. The van der Waals surface area contributed by atoms with Crippen molar-refractivity contribution in [2.75, 3.05) is 19.1 Å². The van der Waals surface area contributed by atoms with Crippen LogP contribution >= 0.6 is 11.8 Å². The van der Waals surface area contributed by atoms with Gasteiger partial charge in [-0.25, -0.2) is 9.59 Å². The van der Waals surface area contributed by atoms with Crippen LogP contribution in [0.3, 0.4) is 0 Å². The van der Waals surface area contributed by atoms with Crippen LogP contribution in [0.15, 0.2) is 30.3 Å². The SMILES string of the molecule is COC(=O)[C@H](CCSC)NC(=O)[C@H](CC(=O)O)NC(=O)OCc1ccccc1. The average Bonchev–Trinajstić information content (AvgIpc) is 2.68. The summed E-state index contributed by atoms with van der Waals surface area (Å²) in [5.74, 6) is -2.17. The number of rotatable bonds is 11. The first kappa shape index (κ1) is 23.3. The first-order valence-corrected chi connectivity index (χ1v) is 9.83. The molecule has 3 N–H and O–H groups in total. The highest BCUT2D eigenvalue weighted by molar-refractivity contribution is 7.98. The van der Waals surface area contributed by atoms with Crippen molar-refractivity contribution in [2.45, 2.75) is 31.5 Å². The van der Waals surface area contributed by atoms with Crippen LogP contribution in [0.2, 0.25) is 0 Å². The number of carboxylic acid groups (broad SMARTS) is 1. The van der Waals surface area contributed by atoms with Crippen molar-refractivity contribution in [3.8, 4) is 0 Å². The zero-order chi connectivity index (χ0) is 20.9. The quantitative estimate of drug-likeness (QED) is 0.462. The Labute approximate surface area is 167 Å². The molecule has 0 aliphatic rings. The summed E-state index contributed by atoms with van der Waals surface area (Å²) in [6.45, 7) is -0.0351. The zero-order valence-electron chi connectivity index (χ0n) is 15.7. The predicted molar refractivity (Wildman–Crippen MR) is 103 cm³/mol. The fraction of sp³-hybridized carbons (Fsp3) is 0.444. The highest BCUT2D eigenvalue weighted by atomic mass is 32.2. The molecule has 2 amide bonds. The van der Waals surface area contributed by atoms with E-state index in [9.17, 15) is 19.2 Å². The number of carboxylic acids is 1. The van der Waals surface area contributed by atoms with E-state index in [1.807, 2.05) is 12.3 Å². The minimum Gasteiger partial charge on any atom is -0.481 e. The van der Waals surface area contributed by atoms with Crippen LogP contribution in [0.5, 0.6) is 0 Å². The van der Waals surface area contributed by atoms with E-state index in [1.165, 1.54) is 18.9 Å². The van der Waals surface area contributed by atoms with Crippen LogP contribution in [-0.2, 0) is 30.5 Å². The van der Waals surface area contributed by atoms with Crippen LogP contribution in [0.4, 0.5) is 4.79 Å². The third kappa shape index (κ3) is 8.76. The lowest BCUT2D eigenvalue weighted by Crippen LogP contribution is -2.52. The van der Waals surface area contributed by atoms with Gasteiger partial charge in [0.15, 0.2) is 0 Å². The average molecular weight is 412 g/mol. The summed E-state index contributed by atoms with van der Waals surface area (Å²) in [6.07, 6.45) is 0.540. The lowest BCUT2D eigenvalue weighted by Gasteiger charge is -2.21. The second kappa shape index (κ2) is 12.6. The molecule has 0 saturated heterocycles. The summed E-state index contributed by atoms with van der Waals surface area (Å²) in [6, 6.07) is 6.53. The van der Waals surface area contributed by atoms with Gasteiger partial charge in [-0.2, -0.15) is 11.8 Å². The molecule has 0 aromatic heterocycles. The number of hydrogen-bond acceptors (Lipinski definition) is 7. The summed E-state index contributed by atoms with van der Waals surface area (Å²) in [7, 11) is 1.19. The normalized spacial score (nSPS) is 12.4. The van der Waals surface area contributed by atoms with Crippen LogP contribution in [0.1, 0.15) is 18.4 Å². The Balaban J connectivity index is 2.70. The molecule has 0 saturated carbocycles. The zero-order valence-corrected chi connectivity index (χ0v) is 16.5. The Morgan fingerprint density at radius 3 is 2.36 bits per heavy atom. The number of nitrogens with one attached hydrogen (secondary N) is 2. The molecule has 0 unspecified atom stereocenters. The smallest absolute Gasteiger partial charge is 0.408 e. The first-order valence-electron chi connectivity index (χ1n) is 8.43. The van der Waals surface area contributed by atoms with Gasteiger partial charge in [-0.05, 0) is 24.0 Å². The topological polar surface area (TPSA) is 131 Å². The molecule has 154 valence electrons. The number of alkyl carbamates (subject to hydrolysis) is 1.